The lowest BCUT2D eigenvalue weighted by Gasteiger charge is -2.12. The molecule has 0 fully saturated rings. The second-order valence-electron chi connectivity index (χ2n) is 3.23. The summed E-state index contributed by atoms with van der Waals surface area (Å²) < 4.78 is 0. The van der Waals surface area contributed by atoms with Crippen LogP contribution in [0.5, 0.6) is 0 Å². The number of hydrogen-bond donors (Lipinski definition) is 3. The van der Waals surface area contributed by atoms with Crippen molar-refractivity contribution in [3.8, 4) is 0 Å². The Bertz CT molecular complexity index is 373. The molecule has 0 aliphatic rings. The number of aliphatic carboxylic acids is 1. The van der Waals surface area contributed by atoms with Gasteiger partial charge in [0.1, 0.15) is 6.04 Å². The van der Waals surface area contributed by atoms with Crippen LogP contribution in [0.4, 0.5) is 0 Å². The molecule has 1 rings (SSSR count). The third-order valence-corrected chi connectivity index (χ3v) is 1.94. The number of carboxylic acids is 1. The minimum atomic E-state index is -1.08. The number of carbonyl (C=O) groups is 2. The summed E-state index contributed by atoms with van der Waals surface area (Å²) in [5.74, 6) is -1.44. The molecule has 1 heterocycles. The number of aromatic amines is 1. The number of rotatable bonds is 6. The van der Waals surface area contributed by atoms with E-state index in [9.17, 15) is 9.59 Å². The number of carboxylic acid groups (broad SMARTS) is 1. The first kappa shape index (κ1) is 12.0. The zero-order valence-corrected chi connectivity index (χ0v) is 8.64. The quantitative estimate of drug-likeness (QED) is 0.596. The van der Waals surface area contributed by atoms with Gasteiger partial charge in [-0.25, -0.2) is 9.78 Å². The largest absolute Gasteiger partial charge is 0.480 e. The Balaban J connectivity index is 2.58. The van der Waals surface area contributed by atoms with E-state index in [2.05, 4.69) is 21.9 Å². The Labute approximate surface area is 92.4 Å². The van der Waals surface area contributed by atoms with Crippen LogP contribution in [-0.4, -0.2) is 33.0 Å². The minimum absolute atomic E-state index is 0.104. The van der Waals surface area contributed by atoms with Gasteiger partial charge in [0.15, 0.2) is 0 Å². The monoisotopic (exact) mass is 223 g/mol. The fraction of sp³-hybridized carbons (Fsp3) is 0.300. The maximum atomic E-state index is 11.2. The van der Waals surface area contributed by atoms with Crippen LogP contribution >= 0.6 is 0 Å². The molecule has 6 heteroatoms. The molecule has 0 saturated heterocycles. The summed E-state index contributed by atoms with van der Waals surface area (Å²) in [6, 6.07) is -0.951. The molecule has 1 aromatic heterocycles. The van der Waals surface area contributed by atoms with Crippen molar-refractivity contribution >= 4 is 11.9 Å². The van der Waals surface area contributed by atoms with Crippen molar-refractivity contribution in [1.29, 1.82) is 0 Å². The fourth-order valence-corrected chi connectivity index (χ4v) is 1.20. The van der Waals surface area contributed by atoms with Crippen LogP contribution < -0.4 is 5.32 Å². The first-order valence-corrected chi connectivity index (χ1v) is 4.73. The number of aromatic nitrogens is 2. The van der Waals surface area contributed by atoms with Gasteiger partial charge in [-0.1, -0.05) is 6.08 Å². The maximum absolute atomic E-state index is 11.2. The van der Waals surface area contributed by atoms with Gasteiger partial charge in [-0.3, -0.25) is 4.79 Å². The van der Waals surface area contributed by atoms with Crippen molar-refractivity contribution in [1.82, 2.24) is 15.3 Å². The van der Waals surface area contributed by atoms with Gasteiger partial charge < -0.3 is 15.4 Å². The zero-order chi connectivity index (χ0) is 12.0. The predicted octanol–water partition coefficient (Wildman–Crippen LogP) is 0.0977. The van der Waals surface area contributed by atoms with E-state index in [-0.39, 0.29) is 18.7 Å². The normalized spacial score (nSPS) is 11.8. The number of imidazole rings is 1. The number of hydrogen-bond acceptors (Lipinski definition) is 3. The second-order valence-corrected chi connectivity index (χ2v) is 3.23. The first-order chi connectivity index (χ1) is 7.63. The highest BCUT2D eigenvalue weighted by Crippen LogP contribution is 1.99. The highest BCUT2D eigenvalue weighted by molar-refractivity contribution is 5.84. The molecule has 86 valence electrons. The van der Waals surface area contributed by atoms with E-state index in [4.69, 9.17) is 5.11 Å². The number of H-pyrrole nitrogens is 1. The molecule has 0 aliphatic heterocycles. The van der Waals surface area contributed by atoms with Gasteiger partial charge in [0.25, 0.3) is 0 Å². The zero-order valence-electron chi connectivity index (χ0n) is 8.64. The lowest BCUT2D eigenvalue weighted by atomic mass is 10.1. The highest BCUT2D eigenvalue weighted by Gasteiger charge is 2.20. The van der Waals surface area contributed by atoms with E-state index in [1.165, 1.54) is 18.6 Å². The average molecular weight is 223 g/mol. The van der Waals surface area contributed by atoms with Gasteiger partial charge in [0.05, 0.1) is 6.33 Å². The lowest BCUT2D eigenvalue weighted by Crippen LogP contribution is -2.42. The van der Waals surface area contributed by atoms with Gasteiger partial charge in [0.2, 0.25) is 5.91 Å². The predicted molar refractivity (Wildman–Crippen MR) is 56.7 cm³/mol. The smallest absolute Gasteiger partial charge is 0.326 e. The van der Waals surface area contributed by atoms with Crippen LogP contribution in [0.1, 0.15) is 12.1 Å². The lowest BCUT2D eigenvalue weighted by molar-refractivity contribution is -0.141. The van der Waals surface area contributed by atoms with Crippen LogP contribution in [0.15, 0.2) is 25.2 Å². The summed E-state index contributed by atoms with van der Waals surface area (Å²) in [5.41, 5.74) is 0.659. The summed E-state index contributed by atoms with van der Waals surface area (Å²) in [6.45, 7) is 3.40. The van der Waals surface area contributed by atoms with E-state index in [0.717, 1.165) is 0 Å². The van der Waals surface area contributed by atoms with Crippen molar-refractivity contribution in [3.05, 3.63) is 30.9 Å². The molecule has 0 saturated carbocycles. The Morgan fingerprint density at radius 2 is 2.44 bits per heavy atom. The summed E-state index contributed by atoms with van der Waals surface area (Å²) >= 11 is 0. The van der Waals surface area contributed by atoms with Gasteiger partial charge >= 0.3 is 5.97 Å². The van der Waals surface area contributed by atoms with E-state index in [1.807, 2.05) is 0 Å². The van der Waals surface area contributed by atoms with E-state index in [1.54, 1.807) is 0 Å². The summed E-state index contributed by atoms with van der Waals surface area (Å²) in [6.07, 6.45) is 4.69. The van der Waals surface area contributed by atoms with E-state index < -0.39 is 12.0 Å². The molecule has 0 radical (unpaired) electrons. The topological polar surface area (TPSA) is 95.1 Å². The van der Waals surface area contributed by atoms with Crippen molar-refractivity contribution in [2.24, 2.45) is 0 Å². The second kappa shape index (κ2) is 5.69. The highest BCUT2D eigenvalue weighted by atomic mass is 16.4. The van der Waals surface area contributed by atoms with E-state index in [0.29, 0.717) is 5.69 Å². The molecule has 3 N–H and O–H groups in total. The Kier molecular flexibility index (Phi) is 4.26. The molecule has 0 aliphatic carbocycles. The van der Waals surface area contributed by atoms with Crippen LogP contribution in [0.3, 0.4) is 0 Å². The van der Waals surface area contributed by atoms with Crippen molar-refractivity contribution < 1.29 is 14.7 Å². The average Bonchev–Trinajstić information content (AvgIpc) is 2.69. The number of nitrogens with zero attached hydrogens (tertiary/aromatic N) is 1. The molecule has 1 amide bonds. The third-order valence-electron chi connectivity index (χ3n) is 1.94. The Morgan fingerprint density at radius 1 is 1.69 bits per heavy atom. The molecular weight excluding hydrogens is 210 g/mol. The van der Waals surface area contributed by atoms with E-state index >= 15 is 0 Å². The van der Waals surface area contributed by atoms with Crippen molar-refractivity contribution in [2.45, 2.75) is 18.9 Å². The summed E-state index contributed by atoms with van der Waals surface area (Å²) in [5, 5.41) is 11.3. The molecule has 0 aromatic carbocycles. The first-order valence-electron chi connectivity index (χ1n) is 4.73. The molecule has 6 nitrogen and oxygen atoms in total. The molecule has 0 bridgehead atoms. The maximum Gasteiger partial charge on any atom is 0.326 e. The van der Waals surface area contributed by atoms with Gasteiger partial charge in [-0.2, -0.15) is 0 Å². The molecule has 16 heavy (non-hydrogen) atoms. The Hall–Kier alpha value is -2.11. The third kappa shape index (κ3) is 3.56. The van der Waals surface area contributed by atoms with Crippen LogP contribution in [-0.2, 0) is 16.0 Å². The molecule has 1 atom stereocenters. The standard InChI is InChI=1S/C10H13N3O3/c1-2-3-9(14)13-8(10(15)16)4-7-5-11-6-12-7/h2,5-6,8H,1,3-4H2,(H,11,12)(H,13,14)(H,15,16)/t8-/m0/s1. The molecule has 0 unspecified atom stereocenters. The van der Waals surface area contributed by atoms with Gasteiger partial charge in [0, 0.05) is 24.7 Å². The molecular formula is C10H13N3O3. The number of carbonyl (C=O) groups excluding carboxylic acids is 1. The van der Waals surface area contributed by atoms with Crippen LogP contribution in [0.2, 0.25) is 0 Å². The summed E-state index contributed by atoms with van der Waals surface area (Å²) in [7, 11) is 0. The Morgan fingerprint density at radius 3 is 2.94 bits per heavy atom. The van der Waals surface area contributed by atoms with Crippen molar-refractivity contribution in [3.63, 3.8) is 0 Å². The van der Waals surface area contributed by atoms with Crippen LogP contribution in [0.25, 0.3) is 0 Å². The minimum Gasteiger partial charge on any atom is -0.480 e. The van der Waals surface area contributed by atoms with Crippen LogP contribution in [0, 0.1) is 0 Å². The SMILES string of the molecule is C=CCC(=O)N[C@@H](Cc1cnc[nH]1)C(=O)O. The number of nitrogens with one attached hydrogen (secondary N) is 2. The number of amides is 1. The molecule has 1 aromatic rings. The summed E-state index contributed by atoms with van der Waals surface area (Å²) in [4.78, 5) is 28.7. The molecule has 0 spiro atoms. The van der Waals surface area contributed by atoms with Gasteiger partial charge in [-0.15, -0.1) is 6.58 Å². The fourth-order valence-electron chi connectivity index (χ4n) is 1.20. The van der Waals surface area contributed by atoms with Gasteiger partial charge in [-0.05, 0) is 0 Å². The van der Waals surface area contributed by atoms with Crippen molar-refractivity contribution in [2.75, 3.05) is 0 Å².